The van der Waals surface area contributed by atoms with E-state index in [1.807, 2.05) is 11.3 Å². The van der Waals surface area contributed by atoms with Crippen LogP contribution in [0.5, 0.6) is 0 Å². The molecular formula is C16H26N2S. The zero-order chi connectivity index (χ0) is 13.4. The van der Waals surface area contributed by atoms with Crippen LogP contribution in [0.3, 0.4) is 0 Å². The van der Waals surface area contributed by atoms with Crippen LogP contribution in [0.1, 0.15) is 41.0 Å². The maximum atomic E-state index is 3.70. The highest BCUT2D eigenvalue weighted by Gasteiger charge is 2.37. The summed E-state index contributed by atoms with van der Waals surface area (Å²) in [4.78, 5) is 5.54. The van der Waals surface area contributed by atoms with Gasteiger partial charge >= 0.3 is 0 Å². The van der Waals surface area contributed by atoms with Crippen molar-refractivity contribution in [1.82, 2.24) is 10.2 Å². The number of nitrogens with one attached hydrogen (secondary N) is 1. The normalized spacial score (nSPS) is 31.0. The van der Waals surface area contributed by atoms with E-state index in [9.17, 15) is 0 Å². The molecule has 3 heteroatoms. The van der Waals surface area contributed by atoms with Gasteiger partial charge in [0.1, 0.15) is 0 Å². The fourth-order valence-electron chi connectivity index (χ4n) is 3.96. The van der Waals surface area contributed by atoms with Crippen LogP contribution in [-0.4, -0.2) is 30.6 Å². The van der Waals surface area contributed by atoms with Crippen LogP contribution in [0.25, 0.3) is 0 Å². The molecule has 2 unspecified atom stereocenters. The molecule has 0 radical (unpaired) electrons. The maximum Gasteiger partial charge on any atom is 0.0216 e. The van der Waals surface area contributed by atoms with Crippen molar-refractivity contribution >= 4 is 11.3 Å². The summed E-state index contributed by atoms with van der Waals surface area (Å²) in [6.07, 6.45) is 5.67. The molecule has 0 aromatic carbocycles. The number of rotatable bonds is 4. The lowest BCUT2D eigenvalue weighted by molar-refractivity contribution is 0.133. The fraction of sp³-hybridized carbons (Fsp3) is 0.750. The molecule has 0 aliphatic carbocycles. The highest BCUT2D eigenvalue weighted by molar-refractivity contribution is 7.12. The Morgan fingerprint density at radius 1 is 1.26 bits per heavy atom. The Balaban J connectivity index is 1.47. The van der Waals surface area contributed by atoms with Crippen LogP contribution in [0.2, 0.25) is 0 Å². The number of thiophene rings is 1. The van der Waals surface area contributed by atoms with Gasteiger partial charge in [0.05, 0.1) is 0 Å². The van der Waals surface area contributed by atoms with E-state index in [4.69, 9.17) is 0 Å². The summed E-state index contributed by atoms with van der Waals surface area (Å²) in [6, 6.07) is 4.08. The van der Waals surface area contributed by atoms with E-state index in [0.717, 1.165) is 24.5 Å². The van der Waals surface area contributed by atoms with E-state index >= 15 is 0 Å². The third-order valence-electron chi connectivity index (χ3n) is 5.09. The van der Waals surface area contributed by atoms with Crippen LogP contribution in [0.4, 0.5) is 0 Å². The molecule has 106 valence electrons. The molecule has 0 spiro atoms. The molecule has 2 nitrogen and oxygen atoms in total. The lowest BCUT2D eigenvalue weighted by Gasteiger charge is -2.36. The standard InChI is InChI=1S/C16H26N2S/c1-11-6-14(12(2)19-11)10-17-9-13-7-15-4-5-16(8-13)18(15)3/h6,13,15-17H,4-5,7-10H2,1-3H3. The minimum Gasteiger partial charge on any atom is -0.312 e. The summed E-state index contributed by atoms with van der Waals surface area (Å²) >= 11 is 1.92. The Morgan fingerprint density at radius 3 is 2.53 bits per heavy atom. The second-order valence-electron chi connectivity index (χ2n) is 6.46. The number of hydrogen-bond acceptors (Lipinski definition) is 3. The lowest BCUT2D eigenvalue weighted by atomic mass is 9.91. The summed E-state index contributed by atoms with van der Waals surface area (Å²) in [6.45, 7) is 6.70. The molecule has 2 saturated heterocycles. The van der Waals surface area contributed by atoms with Crippen molar-refractivity contribution in [1.29, 1.82) is 0 Å². The average molecular weight is 278 g/mol. The van der Waals surface area contributed by atoms with E-state index in [-0.39, 0.29) is 0 Å². The minimum atomic E-state index is 0.871. The van der Waals surface area contributed by atoms with Crippen LogP contribution < -0.4 is 5.32 Å². The molecule has 2 atom stereocenters. The van der Waals surface area contributed by atoms with Gasteiger partial charge in [0.25, 0.3) is 0 Å². The molecule has 0 saturated carbocycles. The molecule has 1 aromatic rings. The molecule has 1 N–H and O–H groups in total. The van der Waals surface area contributed by atoms with Gasteiger partial charge < -0.3 is 10.2 Å². The van der Waals surface area contributed by atoms with Gasteiger partial charge in [-0.25, -0.2) is 0 Å². The van der Waals surface area contributed by atoms with Gasteiger partial charge in [0, 0.05) is 28.4 Å². The van der Waals surface area contributed by atoms with E-state index in [1.165, 1.54) is 47.5 Å². The summed E-state index contributed by atoms with van der Waals surface area (Å²) in [5.41, 5.74) is 1.50. The third kappa shape index (κ3) is 2.88. The molecule has 3 rings (SSSR count). The number of aryl methyl sites for hydroxylation is 2. The first-order valence-corrected chi connectivity index (χ1v) is 8.43. The predicted molar refractivity (Wildman–Crippen MR) is 82.8 cm³/mol. The molecule has 2 aliphatic heterocycles. The molecule has 19 heavy (non-hydrogen) atoms. The van der Waals surface area contributed by atoms with Gasteiger partial charge in [-0.05, 0) is 70.7 Å². The van der Waals surface area contributed by atoms with Crippen LogP contribution in [-0.2, 0) is 6.54 Å². The van der Waals surface area contributed by atoms with Crippen molar-refractivity contribution in [3.63, 3.8) is 0 Å². The first-order valence-electron chi connectivity index (χ1n) is 7.62. The predicted octanol–water partition coefficient (Wildman–Crippen LogP) is 3.33. The molecule has 2 fully saturated rings. The first-order chi connectivity index (χ1) is 9.13. The van der Waals surface area contributed by atoms with Gasteiger partial charge in [0.2, 0.25) is 0 Å². The second kappa shape index (κ2) is 5.55. The number of fused-ring (bicyclic) bond motifs is 2. The average Bonchev–Trinajstić information content (AvgIpc) is 2.77. The highest BCUT2D eigenvalue weighted by Crippen LogP contribution is 2.37. The summed E-state index contributed by atoms with van der Waals surface area (Å²) < 4.78 is 0. The molecule has 2 aliphatic rings. The van der Waals surface area contributed by atoms with Crippen molar-refractivity contribution in [3.8, 4) is 0 Å². The van der Waals surface area contributed by atoms with Gasteiger partial charge in [0.15, 0.2) is 0 Å². The van der Waals surface area contributed by atoms with Crippen molar-refractivity contribution in [2.45, 2.75) is 58.2 Å². The summed E-state index contributed by atoms with van der Waals surface area (Å²) in [5.74, 6) is 0.897. The third-order valence-corrected chi connectivity index (χ3v) is 6.10. The van der Waals surface area contributed by atoms with Gasteiger partial charge in [-0.3, -0.25) is 0 Å². The zero-order valence-electron chi connectivity index (χ0n) is 12.4. The molecule has 3 heterocycles. The van der Waals surface area contributed by atoms with Gasteiger partial charge in [-0.15, -0.1) is 11.3 Å². The van der Waals surface area contributed by atoms with Crippen LogP contribution in [0.15, 0.2) is 6.07 Å². The SMILES string of the molecule is Cc1cc(CNCC2CC3CCC(C2)N3C)c(C)s1. The summed E-state index contributed by atoms with van der Waals surface area (Å²) in [7, 11) is 2.32. The van der Waals surface area contributed by atoms with E-state index in [1.54, 1.807) is 0 Å². The Bertz CT molecular complexity index is 426. The lowest BCUT2D eigenvalue weighted by Crippen LogP contribution is -2.42. The Hall–Kier alpha value is -0.380. The Kier molecular flexibility index (Phi) is 3.97. The summed E-state index contributed by atoms with van der Waals surface area (Å²) in [5, 5.41) is 3.70. The first kappa shape index (κ1) is 13.6. The number of piperidine rings is 1. The molecule has 2 bridgehead atoms. The number of nitrogens with zero attached hydrogens (tertiary/aromatic N) is 1. The van der Waals surface area contributed by atoms with Crippen LogP contribution in [0, 0.1) is 19.8 Å². The van der Waals surface area contributed by atoms with E-state index in [0.29, 0.717) is 0 Å². The Labute approximate surface area is 121 Å². The van der Waals surface area contributed by atoms with Crippen molar-refractivity contribution in [3.05, 3.63) is 21.4 Å². The maximum absolute atomic E-state index is 3.70. The van der Waals surface area contributed by atoms with Gasteiger partial charge in [-0.2, -0.15) is 0 Å². The smallest absolute Gasteiger partial charge is 0.0216 e. The highest BCUT2D eigenvalue weighted by atomic mass is 32.1. The van der Waals surface area contributed by atoms with E-state index < -0.39 is 0 Å². The minimum absolute atomic E-state index is 0.871. The van der Waals surface area contributed by atoms with E-state index in [2.05, 4.69) is 37.2 Å². The zero-order valence-corrected chi connectivity index (χ0v) is 13.2. The van der Waals surface area contributed by atoms with Gasteiger partial charge in [-0.1, -0.05) is 0 Å². The second-order valence-corrected chi connectivity index (χ2v) is 7.92. The topological polar surface area (TPSA) is 15.3 Å². The van der Waals surface area contributed by atoms with Crippen molar-refractivity contribution in [2.75, 3.05) is 13.6 Å². The molecular weight excluding hydrogens is 252 g/mol. The van der Waals surface area contributed by atoms with Crippen molar-refractivity contribution < 1.29 is 0 Å². The molecule has 1 aromatic heterocycles. The number of hydrogen-bond donors (Lipinski definition) is 1. The quantitative estimate of drug-likeness (QED) is 0.909. The molecule has 0 amide bonds. The largest absolute Gasteiger partial charge is 0.312 e. The fourth-order valence-corrected chi connectivity index (χ4v) is 4.91. The van der Waals surface area contributed by atoms with Crippen molar-refractivity contribution in [2.24, 2.45) is 5.92 Å². The van der Waals surface area contributed by atoms with Crippen LogP contribution >= 0.6 is 11.3 Å². The monoisotopic (exact) mass is 278 g/mol. The Morgan fingerprint density at radius 2 is 1.95 bits per heavy atom.